The fourth-order valence-electron chi connectivity index (χ4n) is 1.84. The first-order valence-electron chi connectivity index (χ1n) is 6.61. The third-order valence-corrected chi connectivity index (χ3v) is 3.04. The highest BCUT2D eigenvalue weighted by Crippen LogP contribution is 2.16. The highest BCUT2D eigenvalue weighted by Gasteiger charge is 2.10. The van der Waals surface area contributed by atoms with Crippen molar-refractivity contribution in [2.24, 2.45) is 0 Å². The number of nitrogens with one attached hydrogen (secondary N) is 1. The summed E-state index contributed by atoms with van der Waals surface area (Å²) in [4.78, 5) is 22.0. The van der Waals surface area contributed by atoms with Crippen LogP contribution >= 0.6 is 0 Å². The van der Waals surface area contributed by atoms with Crippen molar-refractivity contribution in [3.8, 4) is 0 Å². The predicted molar refractivity (Wildman–Crippen MR) is 77.0 cm³/mol. The molecule has 0 aliphatic heterocycles. The lowest BCUT2D eigenvalue weighted by Crippen LogP contribution is -2.31. The van der Waals surface area contributed by atoms with E-state index >= 15 is 0 Å². The van der Waals surface area contributed by atoms with Gasteiger partial charge in [0.2, 0.25) is 5.91 Å². The van der Waals surface area contributed by atoms with E-state index in [0.717, 1.165) is 18.7 Å². The molecule has 19 heavy (non-hydrogen) atoms. The van der Waals surface area contributed by atoms with E-state index in [9.17, 15) is 4.79 Å². The largest absolute Gasteiger partial charge is 0.383 e. The molecular weight excluding hydrogens is 242 g/mol. The van der Waals surface area contributed by atoms with Gasteiger partial charge in [-0.1, -0.05) is 0 Å². The van der Waals surface area contributed by atoms with E-state index in [4.69, 9.17) is 5.73 Å². The van der Waals surface area contributed by atoms with E-state index < -0.39 is 0 Å². The number of anilines is 2. The molecule has 1 amide bonds. The molecule has 0 aliphatic carbocycles. The smallest absolute Gasteiger partial charge is 0.224 e. The van der Waals surface area contributed by atoms with Gasteiger partial charge >= 0.3 is 0 Å². The molecule has 1 aromatic heterocycles. The number of rotatable bonds is 6. The molecule has 0 aromatic carbocycles. The summed E-state index contributed by atoms with van der Waals surface area (Å²) >= 11 is 0. The summed E-state index contributed by atoms with van der Waals surface area (Å²) in [7, 11) is 0. The van der Waals surface area contributed by atoms with Crippen molar-refractivity contribution in [1.82, 2.24) is 14.9 Å². The number of nitrogens with zero attached hydrogens (tertiary/aromatic N) is 3. The minimum Gasteiger partial charge on any atom is -0.383 e. The molecule has 3 N–H and O–H groups in total. The Hall–Kier alpha value is -1.85. The van der Waals surface area contributed by atoms with E-state index in [-0.39, 0.29) is 5.91 Å². The molecule has 0 atom stereocenters. The number of nitrogens with two attached hydrogens (primary N) is 1. The summed E-state index contributed by atoms with van der Waals surface area (Å²) in [5, 5.41) is 3.15. The SMILES string of the molecule is CCN(CC)C(=O)CCNc1nc(C)nc(N)c1C. The van der Waals surface area contributed by atoms with Gasteiger partial charge in [0.15, 0.2) is 0 Å². The van der Waals surface area contributed by atoms with Crippen molar-refractivity contribution < 1.29 is 4.79 Å². The third-order valence-electron chi connectivity index (χ3n) is 3.04. The van der Waals surface area contributed by atoms with Crippen LogP contribution in [0.25, 0.3) is 0 Å². The predicted octanol–water partition coefficient (Wildman–Crippen LogP) is 1.35. The summed E-state index contributed by atoms with van der Waals surface area (Å²) in [6, 6.07) is 0. The Kier molecular flexibility index (Phi) is 5.54. The van der Waals surface area contributed by atoms with Gasteiger partial charge in [0.05, 0.1) is 0 Å². The standard InChI is InChI=1S/C13H23N5O/c1-5-18(6-2)11(19)7-8-15-13-9(3)12(14)16-10(4)17-13/h5-8H2,1-4H3,(H3,14,15,16,17). The van der Waals surface area contributed by atoms with E-state index in [1.54, 1.807) is 6.92 Å². The van der Waals surface area contributed by atoms with Gasteiger partial charge in [-0.3, -0.25) is 4.79 Å². The maximum atomic E-state index is 11.8. The van der Waals surface area contributed by atoms with Crippen LogP contribution in [0.1, 0.15) is 31.7 Å². The Morgan fingerprint density at radius 2 is 1.89 bits per heavy atom. The Bertz CT molecular complexity index is 443. The minimum atomic E-state index is 0.147. The van der Waals surface area contributed by atoms with Crippen LogP contribution in [0.15, 0.2) is 0 Å². The zero-order valence-corrected chi connectivity index (χ0v) is 12.2. The summed E-state index contributed by atoms with van der Waals surface area (Å²) in [5.41, 5.74) is 6.60. The van der Waals surface area contributed by atoms with Gasteiger partial charge in [-0.25, -0.2) is 9.97 Å². The van der Waals surface area contributed by atoms with Gasteiger partial charge in [-0.15, -0.1) is 0 Å². The number of aryl methyl sites for hydroxylation is 1. The van der Waals surface area contributed by atoms with Crippen LogP contribution in [0.5, 0.6) is 0 Å². The molecular formula is C13H23N5O. The van der Waals surface area contributed by atoms with Crippen molar-refractivity contribution in [1.29, 1.82) is 0 Å². The Labute approximate surface area is 114 Å². The topological polar surface area (TPSA) is 84.1 Å². The van der Waals surface area contributed by atoms with Crippen molar-refractivity contribution in [3.63, 3.8) is 0 Å². The van der Waals surface area contributed by atoms with Crippen LogP contribution in [0, 0.1) is 13.8 Å². The molecule has 6 heteroatoms. The second kappa shape index (κ2) is 6.92. The molecule has 0 spiro atoms. The molecule has 0 saturated carbocycles. The molecule has 0 aliphatic rings. The molecule has 0 fully saturated rings. The number of nitrogen functional groups attached to an aromatic ring is 1. The lowest BCUT2D eigenvalue weighted by Gasteiger charge is -2.19. The van der Waals surface area contributed by atoms with Gasteiger partial charge < -0.3 is 16.0 Å². The number of hydrogen-bond acceptors (Lipinski definition) is 5. The Morgan fingerprint density at radius 3 is 2.47 bits per heavy atom. The first-order chi connectivity index (χ1) is 8.99. The van der Waals surface area contributed by atoms with Gasteiger partial charge in [-0.05, 0) is 27.7 Å². The van der Waals surface area contributed by atoms with Crippen LogP contribution in [-0.2, 0) is 4.79 Å². The van der Waals surface area contributed by atoms with Gasteiger partial charge in [0, 0.05) is 31.6 Å². The van der Waals surface area contributed by atoms with E-state index in [0.29, 0.717) is 30.4 Å². The maximum absolute atomic E-state index is 11.8. The zero-order chi connectivity index (χ0) is 14.4. The van der Waals surface area contributed by atoms with E-state index in [2.05, 4.69) is 15.3 Å². The Morgan fingerprint density at radius 1 is 1.26 bits per heavy atom. The van der Waals surface area contributed by atoms with Crippen LogP contribution < -0.4 is 11.1 Å². The molecule has 1 heterocycles. The first kappa shape index (κ1) is 15.2. The fraction of sp³-hybridized carbons (Fsp3) is 0.615. The average molecular weight is 265 g/mol. The lowest BCUT2D eigenvalue weighted by atomic mass is 10.3. The molecule has 0 unspecified atom stereocenters. The first-order valence-corrected chi connectivity index (χ1v) is 6.61. The lowest BCUT2D eigenvalue weighted by molar-refractivity contribution is -0.130. The minimum absolute atomic E-state index is 0.147. The second-order valence-corrected chi connectivity index (χ2v) is 4.37. The molecule has 0 radical (unpaired) electrons. The van der Waals surface area contributed by atoms with Crippen molar-refractivity contribution in [3.05, 3.63) is 11.4 Å². The van der Waals surface area contributed by atoms with Crippen LogP contribution in [0.2, 0.25) is 0 Å². The number of carbonyl (C=O) groups is 1. The fourth-order valence-corrected chi connectivity index (χ4v) is 1.84. The van der Waals surface area contributed by atoms with Crippen LogP contribution in [0.4, 0.5) is 11.6 Å². The molecule has 1 rings (SSSR count). The van der Waals surface area contributed by atoms with Gasteiger partial charge in [-0.2, -0.15) is 0 Å². The van der Waals surface area contributed by atoms with E-state index in [1.807, 2.05) is 25.7 Å². The molecule has 0 bridgehead atoms. The summed E-state index contributed by atoms with van der Waals surface area (Å²) in [6.45, 7) is 9.65. The van der Waals surface area contributed by atoms with Crippen LogP contribution in [0.3, 0.4) is 0 Å². The quantitative estimate of drug-likeness (QED) is 0.811. The number of hydrogen-bond donors (Lipinski definition) is 2. The third kappa shape index (κ3) is 4.08. The van der Waals surface area contributed by atoms with Crippen molar-refractivity contribution in [2.45, 2.75) is 34.1 Å². The van der Waals surface area contributed by atoms with Gasteiger partial charge in [0.25, 0.3) is 0 Å². The molecule has 106 valence electrons. The number of carbonyl (C=O) groups excluding carboxylic acids is 1. The highest BCUT2D eigenvalue weighted by atomic mass is 16.2. The zero-order valence-electron chi connectivity index (χ0n) is 12.2. The molecule has 1 aromatic rings. The number of aromatic nitrogens is 2. The monoisotopic (exact) mass is 265 g/mol. The van der Waals surface area contributed by atoms with E-state index in [1.165, 1.54) is 0 Å². The summed E-state index contributed by atoms with van der Waals surface area (Å²) in [6.07, 6.45) is 0.448. The molecule has 0 saturated heterocycles. The highest BCUT2D eigenvalue weighted by molar-refractivity contribution is 5.76. The van der Waals surface area contributed by atoms with Crippen molar-refractivity contribution in [2.75, 3.05) is 30.7 Å². The van der Waals surface area contributed by atoms with Crippen LogP contribution in [-0.4, -0.2) is 40.4 Å². The van der Waals surface area contributed by atoms with Crippen molar-refractivity contribution >= 4 is 17.5 Å². The van der Waals surface area contributed by atoms with Gasteiger partial charge in [0.1, 0.15) is 17.5 Å². The maximum Gasteiger partial charge on any atom is 0.224 e. The summed E-state index contributed by atoms with van der Waals surface area (Å²) in [5.74, 6) is 1.96. The molecule has 6 nitrogen and oxygen atoms in total. The normalized spacial score (nSPS) is 10.3. The number of amides is 1. The average Bonchev–Trinajstić information content (AvgIpc) is 2.36. The Balaban J connectivity index is 2.56. The second-order valence-electron chi connectivity index (χ2n) is 4.37. The summed E-state index contributed by atoms with van der Waals surface area (Å²) < 4.78 is 0.